The van der Waals surface area contributed by atoms with Crippen LogP contribution in [0.15, 0.2) is 36.4 Å². The molecule has 4 heteroatoms. The van der Waals surface area contributed by atoms with Gasteiger partial charge in [-0.2, -0.15) is 0 Å². The van der Waals surface area contributed by atoms with Gasteiger partial charge in [0.25, 0.3) is 0 Å². The van der Waals surface area contributed by atoms with Crippen LogP contribution in [0.3, 0.4) is 0 Å². The number of rotatable bonds is 6. The number of carboxylic acid groups (broad SMARTS) is 1. The van der Waals surface area contributed by atoms with E-state index < -0.39 is 5.97 Å². The van der Waals surface area contributed by atoms with Gasteiger partial charge < -0.3 is 9.84 Å². The molecule has 0 bridgehead atoms. The maximum Gasteiger partial charge on any atom is 0.303 e. The van der Waals surface area contributed by atoms with Crippen LogP contribution in [0.2, 0.25) is 0 Å². The summed E-state index contributed by atoms with van der Waals surface area (Å²) in [5.41, 5.74) is 0.614. The van der Waals surface area contributed by atoms with Crippen molar-refractivity contribution in [2.24, 2.45) is 5.92 Å². The Hall–Kier alpha value is -2.36. The van der Waals surface area contributed by atoms with E-state index in [1.54, 1.807) is 26.2 Å². The molecule has 0 saturated carbocycles. The number of carbonyl (C=O) groups excluding carboxylic acids is 1. The van der Waals surface area contributed by atoms with Gasteiger partial charge in [0.2, 0.25) is 0 Å². The van der Waals surface area contributed by atoms with E-state index in [1.807, 2.05) is 24.3 Å². The molecule has 0 saturated heterocycles. The smallest absolute Gasteiger partial charge is 0.303 e. The highest BCUT2D eigenvalue weighted by molar-refractivity contribution is 6.09. The molecular weight excluding hydrogens is 268 g/mol. The standard InChI is InChI=1S/C17H18O4/c1-11(10-17(19)20)9-15(18)13-7-8-16(21-2)14-6-4-3-5-12(13)14/h3-8,11H,9-10H2,1-2H3,(H,19,20). The number of methoxy groups -OCH3 is 1. The van der Waals surface area contributed by atoms with E-state index in [1.165, 1.54) is 0 Å². The molecule has 0 spiro atoms. The summed E-state index contributed by atoms with van der Waals surface area (Å²) in [5.74, 6) is -0.380. The van der Waals surface area contributed by atoms with E-state index in [0.717, 1.165) is 16.5 Å². The van der Waals surface area contributed by atoms with Gasteiger partial charge >= 0.3 is 5.97 Å². The van der Waals surface area contributed by atoms with Crippen LogP contribution in [0.25, 0.3) is 10.8 Å². The fraction of sp³-hybridized carbons (Fsp3) is 0.294. The maximum absolute atomic E-state index is 12.4. The van der Waals surface area contributed by atoms with Crippen LogP contribution in [-0.2, 0) is 4.79 Å². The molecule has 1 N–H and O–H groups in total. The summed E-state index contributed by atoms with van der Waals surface area (Å²) in [4.78, 5) is 23.1. The Morgan fingerprint density at radius 1 is 1.10 bits per heavy atom. The Balaban J connectivity index is 2.34. The van der Waals surface area contributed by atoms with Crippen molar-refractivity contribution in [2.45, 2.75) is 19.8 Å². The number of ether oxygens (including phenoxy) is 1. The molecule has 0 aliphatic heterocycles. The highest BCUT2D eigenvalue weighted by Crippen LogP contribution is 2.29. The van der Waals surface area contributed by atoms with Crippen LogP contribution in [-0.4, -0.2) is 24.0 Å². The molecule has 2 rings (SSSR count). The number of carbonyl (C=O) groups is 2. The van der Waals surface area contributed by atoms with Gasteiger partial charge in [0, 0.05) is 23.8 Å². The first-order valence-corrected chi connectivity index (χ1v) is 6.83. The summed E-state index contributed by atoms with van der Waals surface area (Å²) >= 11 is 0. The lowest BCUT2D eigenvalue weighted by atomic mass is 9.93. The molecule has 0 fully saturated rings. The van der Waals surface area contributed by atoms with E-state index in [0.29, 0.717) is 5.56 Å². The summed E-state index contributed by atoms with van der Waals surface area (Å²) < 4.78 is 5.31. The Bertz CT molecular complexity index is 676. The van der Waals surface area contributed by atoms with Crippen molar-refractivity contribution in [3.8, 4) is 5.75 Å². The second kappa shape index (κ2) is 6.39. The Morgan fingerprint density at radius 3 is 2.38 bits per heavy atom. The number of aliphatic carboxylic acids is 1. The van der Waals surface area contributed by atoms with Crippen molar-refractivity contribution in [1.29, 1.82) is 0 Å². The van der Waals surface area contributed by atoms with E-state index in [-0.39, 0.29) is 24.5 Å². The monoisotopic (exact) mass is 286 g/mol. The fourth-order valence-corrected chi connectivity index (χ4v) is 2.49. The maximum atomic E-state index is 12.4. The van der Waals surface area contributed by atoms with Crippen LogP contribution in [0.1, 0.15) is 30.1 Å². The third kappa shape index (κ3) is 3.40. The molecule has 2 aromatic carbocycles. The van der Waals surface area contributed by atoms with Crippen molar-refractivity contribution >= 4 is 22.5 Å². The van der Waals surface area contributed by atoms with Crippen LogP contribution >= 0.6 is 0 Å². The second-order valence-corrected chi connectivity index (χ2v) is 5.19. The summed E-state index contributed by atoms with van der Waals surface area (Å²) in [6.45, 7) is 1.78. The zero-order chi connectivity index (χ0) is 15.4. The predicted molar refractivity (Wildman–Crippen MR) is 80.9 cm³/mol. The predicted octanol–water partition coefficient (Wildman–Crippen LogP) is 3.53. The molecule has 1 atom stereocenters. The van der Waals surface area contributed by atoms with Gasteiger partial charge in [-0.15, -0.1) is 0 Å². The number of carboxylic acids is 1. The van der Waals surface area contributed by atoms with Crippen LogP contribution < -0.4 is 4.74 Å². The molecule has 0 radical (unpaired) electrons. The average Bonchev–Trinajstić information content (AvgIpc) is 2.44. The summed E-state index contributed by atoms with van der Waals surface area (Å²) in [6, 6.07) is 11.1. The van der Waals surface area contributed by atoms with E-state index >= 15 is 0 Å². The number of ketones is 1. The third-order valence-electron chi connectivity index (χ3n) is 3.46. The number of hydrogen-bond donors (Lipinski definition) is 1. The van der Waals surface area contributed by atoms with Gasteiger partial charge in [-0.3, -0.25) is 9.59 Å². The lowest BCUT2D eigenvalue weighted by Gasteiger charge is -2.12. The highest BCUT2D eigenvalue weighted by Gasteiger charge is 2.17. The van der Waals surface area contributed by atoms with Crippen molar-refractivity contribution in [3.05, 3.63) is 42.0 Å². The van der Waals surface area contributed by atoms with Crippen LogP contribution in [0, 0.1) is 5.92 Å². The molecule has 0 amide bonds. The molecule has 4 nitrogen and oxygen atoms in total. The first-order chi connectivity index (χ1) is 10.0. The largest absolute Gasteiger partial charge is 0.496 e. The van der Waals surface area contributed by atoms with Crippen molar-refractivity contribution in [1.82, 2.24) is 0 Å². The first-order valence-electron chi connectivity index (χ1n) is 6.83. The molecule has 110 valence electrons. The van der Waals surface area contributed by atoms with Gasteiger partial charge in [0.05, 0.1) is 7.11 Å². The second-order valence-electron chi connectivity index (χ2n) is 5.19. The lowest BCUT2D eigenvalue weighted by molar-refractivity contribution is -0.137. The van der Waals surface area contributed by atoms with Crippen LogP contribution in [0.4, 0.5) is 0 Å². The molecule has 0 heterocycles. The lowest BCUT2D eigenvalue weighted by Crippen LogP contribution is -2.10. The minimum Gasteiger partial charge on any atom is -0.496 e. The van der Waals surface area contributed by atoms with Gasteiger partial charge in [-0.1, -0.05) is 31.2 Å². The fourth-order valence-electron chi connectivity index (χ4n) is 2.49. The van der Waals surface area contributed by atoms with Crippen molar-refractivity contribution < 1.29 is 19.4 Å². The van der Waals surface area contributed by atoms with Gasteiger partial charge in [-0.05, 0) is 23.4 Å². The minimum atomic E-state index is -0.880. The zero-order valence-electron chi connectivity index (χ0n) is 12.1. The SMILES string of the molecule is COc1ccc(C(=O)CC(C)CC(=O)O)c2ccccc12. The van der Waals surface area contributed by atoms with E-state index in [9.17, 15) is 9.59 Å². The average molecular weight is 286 g/mol. The summed E-state index contributed by atoms with van der Waals surface area (Å²) in [5, 5.41) is 10.5. The Morgan fingerprint density at radius 2 is 1.76 bits per heavy atom. The van der Waals surface area contributed by atoms with E-state index in [2.05, 4.69) is 0 Å². The molecule has 2 aromatic rings. The molecular formula is C17H18O4. The molecule has 0 aliphatic carbocycles. The minimum absolute atomic E-state index is 0.000171. The zero-order valence-corrected chi connectivity index (χ0v) is 12.1. The Labute approximate surface area is 123 Å². The molecule has 0 aliphatic rings. The molecule has 0 aromatic heterocycles. The number of benzene rings is 2. The molecule has 21 heavy (non-hydrogen) atoms. The highest BCUT2D eigenvalue weighted by atomic mass is 16.5. The summed E-state index contributed by atoms with van der Waals surface area (Å²) in [7, 11) is 1.60. The van der Waals surface area contributed by atoms with Gasteiger partial charge in [0.15, 0.2) is 5.78 Å². The Kier molecular flexibility index (Phi) is 4.58. The number of fused-ring (bicyclic) bond motifs is 1. The molecule has 1 unspecified atom stereocenters. The van der Waals surface area contributed by atoms with Gasteiger partial charge in [-0.25, -0.2) is 0 Å². The number of Topliss-reactive ketones (excluding diaryl/α,β-unsaturated/α-hetero) is 1. The van der Waals surface area contributed by atoms with Crippen molar-refractivity contribution in [2.75, 3.05) is 7.11 Å². The number of hydrogen-bond acceptors (Lipinski definition) is 3. The van der Waals surface area contributed by atoms with Gasteiger partial charge in [0.1, 0.15) is 5.75 Å². The van der Waals surface area contributed by atoms with Crippen LogP contribution in [0.5, 0.6) is 5.75 Å². The van der Waals surface area contributed by atoms with Crippen molar-refractivity contribution in [3.63, 3.8) is 0 Å². The van der Waals surface area contributed by atoms with E-state index in [4.69, 9.17) is 9.84 Å². The topological polar surface area (TPSA) is 63.6 Å². The first kappa shape index (κ1) is 15.0. The summed E-state index contributed by atoms with van der Waals surface area (Å²) in [6.07, 6.45) is 0.225. The third-order valence-corrected chi connectivity index (χ3v) is 3.46. The normalized spacial score (nSPS) is 12.1. The quantitative estimate of drug-likeness (QED) is 0.825.